The number of rotatable bonds is 6. The van der Waals surface area contributed by atoms with Crippen molar-refractivity contribution in [2.24, 2.45) is 7.05 Å². The Balaban J connectivity index is 1.55. The predicted molar refractivity (Wildman–Crippen MR) is 117 cm³/mol. The average Bonchev–Trinajstić information content (AvgIpc) is 3.47. The molecule has 0 radical (unpaired) electrons. The van der Waals surface area contributed by atoms with E-state index in [1.54, 1.807) is 7.05 Å². The van der Waals surface area contributed by atoms with E-state index in [2.05, 4.69) is 20.4 Å². The monoisotopic (exact) mass is 455 g/mol. The summed E-state index contributed by atoms with van der Waals surface area (Å²) in [5, 5.41) is 19.2. The molecule has 0 spiro atoms. The highest BCUT2D eigenvalue weighted by Crippen LogP contribution is 2.48. The van der Waals surface area contributed by atoms with Gasteiger partial charge in [0, 0.05) is 12.6 Å². The second-order valence-electron chi connectivity index (χ2n) is 7.78. The number of amides is 2. The second-order valence-corrected chi connectivity index (χ2v) is 9.53. The first-order valence-electron chi connectivity index (χ1n) is 9.72. The lowest BCUT2D eigenvalue weighted by Crippen LogP contribution is -2.38. The number of sulfonamides is 1. The van der Waals surface area contributed by atoms with E-state index in [-0.39, 0.29) is 5.82 Å². The summed E-state index contributed by atoms with van der Waals surface area (Å²) in [5.41, 5.74) is 2.96. The number of hydrogen-bond acceptors (Lipinski definition) is 6. The Kier molecular flexibility index (Phi) is 5.21. The number of hydrogen-bond donors (Lipinski definition) is 3. The Morgan fingerprint density at radius 2 is 1.53 bits per heavy atom. The van der Waals surface area contributed by atoms with Crippen molar-refractivity contribution in [3.63, 3.8) is 0 Å². The first-order valence-corrected chi connectivity index (χ1v) is 11.6. The van der Waals surface area contributed by atoms with Gasteiger partial charge in [0.1, 0.15) is 5.69 Å². The number of anilines is 1. The Morgan fingerprint density at radius 1 is 1.00 bits per heavy atom. The van der Waals surface area contributed by atoms with Gasteiger partial charge in [0.25, 0.3) is 0 Å². The van der Waals surface area contributed by atoms with Crippen LogP contribution in [0.25, 0.3) is 22.4 Å². The summed E-state index contributed by atoms with van der Waals surface area (Å²) in [6.45, 7) is 0. The maximum Gasteiger partial charge on any atom is 0.410 e. The van der Waals surface area contributed by atoms with Crippen LogP contribution in [0.4, 0.5) is 10.6 Å². The van der Waals surface area contributed by atoms with Crippen molar-refractivity contribution < 1.29 is 23.1 Å². The van der Waals surface area contributed by atoms with E-state index in [4.69, 9.17) is 5.11 Å². The molecule has 0 atom stereocenters. The highest BCUT2D eigenvalue weighted by molar-refractivity contribution is 7.89. The van der Waals surface area contributed by atoms with Gasteiger partial charge >= 0.3 is 6.09 Å². The molecule has 2 amide bonds. The van der Waals surface area contributed by atoms with Gasteiger partial charge in [-0.25, -0.2) is 17.9 Å². The normalized spacial score (nSPS) is 14.6. The molecular formula is C21H21N5O5S. The topological polar surface area (TPSA) is 143 Å². The second kappa shape index (κ2) is 7.75. The van der Waals surface area contributed by atoms with Crippen molar-refractivity contribution in [3.05, 3.63) is 54.1 Å². The summed E-state index contributed by atoms with van der Waals surface area (Å²) < 4.78 is 26.3. The van der Waals surface area contributed by atoms with E-state index in [1.807, 2.05) is 48.5 Å². The molecule has 32 heavy (non-hydrogen) atoms. The molecule has 4 rings (SSSR count). The third-order valence-corrected chi connectivity index (χ3v) is 6.00. The first kappa shape index (κ1) is 21.5. The van der Waals surface area contributed by atoms with Crippen molar-refractivity contribution in [1.82, 2.24) is 19.7 Å². The van der Waals surface area contributed by atoms with Gasteiger partial charge in [-0.3, -0.25) is 14.8 Å². The standard InChI is InChI=1S/C21H21N5O5S/c1-26-18(22-20(28)29)17(23-25-26)15-5-3-13(4-6-15)14-7-9-16(10-8-14)21(11-12-21)19(27)24-32(2,30)31/h3-10,22H,11-12H2,1-2H3,(H,24,27)(H,28,29). The number of aryl methyl sites for hydroxylation is 1. The third kappa shape index (κ3) is 4.19. The molecule has 1 fully saturated rings. The van der Waals surface area contributed by atoms with Gasteiger partial charge in [0.05, 0.1) is 11.7 Å². The van der Waals surface area contributed by atoms with Gasteiger partial charge in [-0.2, -0.15) is 0 Å². The Labute approximate surface area is 184 Å². The van der Waals surface area contributed by atoms with Gasteiger partial charge in [-0.05, 0) is 29.5 Å². The van der Waals surface area contributed by atoms with Crippen LogP contribution in [-0.4, -0.2) is 46.8 Å². The maximum absolute atomic E-state index is 12.4. The highest BCUT2D eigenvalue weighted by atomic mass is 32.2. The molecule has 1 saturated carbocycles. The molecule has 0 aliphatic heterocycles. The molecular weight excluding hydrogens is 434 g/mol. The van der Waals surface area contributed by atoms with Crippen molar-refractivity contribution in [2.45, 2.75) is 18.3 Å². The third-order valence-electron chi connectivity index (χ3n) is 5.44. The summed E-state index contributed by atoms with van der Waals surface area (Å²) in [5.74, 6) is -0.219. The fourth-order valence-electron chi connectivity index (χ4n) is 3.63. The minimum Gasteiger partial charge on any atom is -0.465 e. The van der Waals surface area contributed by atoms with Gasteiger partial charge in [0.15, 0.2) is 5.82 Å². The molecule has 3 N–H and O–H groups in total. The van der Waals surface area contributed by atoms with Crippen LogP contribution in [0.1, 0.15) is 18.4 Å². The van der Waals surface area contributed by atoms with Crippen LogP contribution in [0.3, 0.4) is 0 Å². The first-order chi connectivity index (χ1) is 15.1. The van der Waals surface area contributed by atoms with Crippen molar-refractivity contribution in [3.8, 4) is 22.4 Å². The number of nitrogens with zero attached hydrogens (tertiary/aromatic N) is 3. The molecule has 166 valence electrons. The summed E-state index contributed by atoms with van der Waals surface area (Å²) in [7, 11) is -2.01. The van der Waals surface area contributed by atoms with Crippen LogP contribution in [0.2, 0.25) is 0 Å². The van der Waals surface area contributed by atoms with Gasteiger partial charge in [-0.1, -0.05) is 53.7 Å². The smallest absolute Gasteiger partial charge is 0.410 e. The highest BCUT2D eigenvalue weighted by Gasteiger charge is 2.51. The zero-order chi connectivity index (χ0) is 23.1. The van der Waals surface area contributed by atoms with Crippen molar-refractivity contribution in [2.75, 3.05) is 11.6 Å². The maximum atomic E-state index is 12.4. The Bertz CT molecular complexity index is 1290. The van der Waals surface area contributed by atoms with E-state index in [0.29, 0.717) is 24.1 Å². The zero-order valence-electron chi connectivity index (χ0n) is 17.4. The van der Waals surface area contributed by atoms with Crippen LogP contribution >= 0.6 is 0 Å². The fraction of sp³-hybridized carbons (Fsp3) is 0.238. The molecule has 0 unspecified atom stereocenters. The van der Waals surface area contributed by atoms with Crippen LogP contribution in [0.15, 0.2) is 48.5 Å². The zero-order valence-corrected chi connectivity index (χ0v) is 18.2. The quantitative estimate of drug-likeness (QED) is 0.518. The number of aromatic nitrogens is 3. The van der Waals surface area contributed by atoms with Crippen molar-refractivity contribution in [1.29, 1.82) is 0 Å². The van der Waals surface area contributed by atoms with E-state index < -0.39 is 27.4 Å². The predicted octanol–water partition coefficient (Wildman–Crippen LogP) is 2.35. The van der Waals surface area contributed by atoms with Gasteiger partial charge < -0.3 is 5.11 Å². The minimum absolute atomic E-state index is 0.275. The lowest BCUT2D eigenvalue weighted by molar-refractivity contribution is -0.121. The number of carbonyl (C=O) groups is 2. The lowest BCUT2D eigenvalue weighted by Gasteiger charge is -2.15. The van der Waals surface area contributed by atoms with E-state index in [0.717, 1.165) is 22.9 Å². The number of carbonyl (C=O) groups excluding carboxylic acids is 1. The number of nitrogens with one attached hydrogen (secondary N) is 2. The summed E-state index contributed by atoms with van der Waals surface area (Å²) in [6.07, 6.45) is 0.975. The molecule has 11 heteroatoms. The minimum atomic E-state index is -3.61. The molecule has 1 heterocycles. The van der Waals surface area contributed by atoms with Gasteiger partial charge in [-0.15, -0.1) is 5.10 Å². The summed E-state index contributed by atoms with van der Waals surface area (Å²) >= 11 is 0. The Hall–Kier alpha value is -3.73. The largest absolute Gasteiger partial charge is 0.465 e. The molecule has 0 saturated heterocycles. The van der Waals surface area contributed by atoms with Crippen LogP contribution in [-0.2, 0) is 27.3 Å². The van der Waals surface area contributed by atoms with E-state index in [9.17, 15) is 18.0 Å². The molecule has 10 nitrogen and oxygen atoms in total. The van der Waals surface area contributed by atoms with Crippen LogP contribution in [0.5, 0.6) is 0 Å². The molecule has 1 aliphatic carbocycles. The average molecular weight is 455 g/mol. The molecule has 0 bridgehead atoms. The van der Waals surface area contributed by atoms with Crippen LogP contribution < -0.4 is 10.0 Å². The van der Waals surface area contributed by atoms with Crippen LogP contribution in [0, 0.1) is 0 Å². The molecule has 3 aromatic rings. The number of benzene rings is 2. The van der Waals surface area contributed by atoms with Gasteiger partial charge in [0.2, 0.25) is 15.9 Å². The SMILES string of the molecule is Cn1nnc(-c2ccc(-c3ccc(C4(C(=O)NS(C)(=O)=O)CC4)cc3)cc2)c1NC(=O)O. The molecule has 1 aromatic heterocycles. The Morgan fingerprint density at radius 3 is 2.03 bits per heavy atom. The van der Waals surface area contributed by atoms with E-state index >= 15 is 0 Å². The lowest BCUT2D eigenvalue weighted by atomic mass is 9.93. The van der Waals surface area contributed by atoms with Crippen molar-refractivity contribution >= 4 is 27.8 Å². The molecule has 2 aromatic carbocycles. The summed E-state index contributed by atoms with van der Waals surface area (Å²) in [6, 6.07) is 14.9. The fourth-order valence-corrected chi connectivity index (χ4v) is 4.17. The summed E-state index contributed by atoms with van der Waals surface area (Å²) in [4.78, 5) is 23.4. The van der Waals surface area contributed by atoms with E-state index in [1.165, 1.54) is 4.68 Å². The molecule has 1 aliphatic rings. The number of carboxylic acid groups (broad SMARTS) is 1.